The summed E-state index contributed by atoms with van der Waals surface area (Å²) in [6, 6.07) is 63.2. The van der Waals surface area contributed by atoms with E-state index in [9.17, 15) is 0 Å². The van der Waals surface area contributed by atoms with Gasteiger partial charge in [-0.15, -0.1) is 11.3 Å². The SMILES string of the molecule is Cc1cc(C)c(-c2c3ccccc3c(-c3ccc(-n4c5ccccc5c5cc(-c6cccc7c6sc6ccccc67)ccc54)cc3)c3ccccc23)c(C)c1. The van der Waals surface area contributed by atoms with Gasteiger partial charge >= 0.3 is 0 Å². The number of aryl methyl sites for hydroxylation is 3. The molecule has 260 valence electrons. The third-order valence-corrected chi connectivity index (χ3v) is 12.9. The molecule has 0 radical (unpaired) electrons. The van der Waals surface area contributed by atoms with Crippen LogP contribution in [0.15, 0.2) is 170 Å². The summed E-state index contributed by atoms with van der Waals surface area (Å²) in [4.78, 5) is 0. The van der Waals surface area contributed by atoms with Crippen molar-refractivity contribution in [2.24, 2.45) is 0 Å². The molecule has 0 bridgehead atoms. The second-order valence-electron chi connectivity index (χ2n) is 15.0. The van der Waals surface area contributed by atoms with Crippen molar-refractivity contribution in [3.05, 3.63) is 187 Å². The highest BCUT2D eigenvalue weighted by atomic mass is 32.1. The second-order valence-corrected chi connectivity index (χ2v) is 16.1. The molecule has 0 fully saturated rings. The number of hydrogen-bond donors (Lipinski definition) is 0. The summed E-state index contributed by atoms with van der Waals surface area (Å²) in [5.74, 6) is 0. The lowest BCUT2D eigenvalue weighted by atomic mass is 9.83. The Kier molecular flexibility index (Phi) is 7.14. The zero-order valence-corrected chi connectivity index (χ0v) is 31.8. The van der Waals surface area contributed by atoms with Crippen LogP contribution in [-0.4, -0.2) is 4.57 Å². The van der Waals surface area contributed by atoms with Gasteiger partial charge in [-0.25, -0.2) is 0 Å². The molecule has 55 heavy (non-hydrogen) atoms. The fraction of sp³-hybridized carbons (Fsp3) is 0.0566. The zero-order valence-electron chi connectivity index (χ0n) is 31.0. The molecule has 0 aliphatic heterocycles. The van der Waals surface area contributed by atoms with Gasteiger partial charge in [0.05, 0.1) is 11.0 Å². The average molecular weight is 720 g/mol. The van der Waals surface area contributed by atoms with Crippen molar-refractivity contribution in [2.45, 2.75) is 20.8 Å². The third kappa shape index (κ3) is 4.85. The third-order valence-electron chi connectivity index (χ3n) is 11.7. The van der Waals surface area contributed by atoms with Gasteiger partial charge in [-0.2, -0.15) is 0 Å². The lowest BCUT2D eigenvalue weighted by Gasteiger charge is -2.20. The van der Waals surface area contributed by atoms with Gasteiger partial charge in [-0.3, -0.25) is 0 Å². The number of fused-ring (bicyclic) bond motifs is 8. The van der Waals surface area contributed by atoms with Crippen molar-refractivity contribution in [3.8, 4) is 39.1 Å². The summed E-state index contributed by atoms with van der Waals surface area (Å²) in [7, 11) is 0. The first-order chi connectivity index (χ1) is 27.0. The Bertz CT molecular complexity index is 3260. The topological polar surface area (TPSA) is 4.93 Å². The van der Waals surface area contributed by atoms with Crippen LogP contribution >= 0.6 is 11.3 Å². The van der Waals surface area contributed by atoms with Gasteiger partial charge in [-0.1, -0.05) is 139 Å². The van der Waals surface area contributed by atoms with Crippen LogP contribution < -0.4 is 0 Å². The maximum absolute atomic E-state index is 2.43. The molecule has 11 aromatic rings. The van der Waals surface area contributed by atoms with Crippen molar-refractivity contribution < 1.29 is 0 Å². The summed E-state index contributed by atoms with van der Waals surface area (Å²) < 4.78 is 5.11. The molecule has 0 unspecified atom stereocenters. The van der Waals surface area contributed by atoms with E-state index in [1.165, 1.54) is 114 Å². The molecule has 0 amide bonds. The molecular formula is C53H37NS. The monoisotopic (exact) mass is 719 g/mol. The number of hydrogen-bond acceptors (Lipinski definition) is 1. The minimum absolute atomic E-state index is 1.16. The van der Waals surface area contributed by atoms with E-state index in [4.69, 9.17) is 0 Å². The van der Waals surface area contributed by atoms with Crippen LogP contribution in [0.4, 0.5) is 0 Å². The lowest BCUT2D eigenvalue weighted by molar-refractivity contribution is 1.18. The standard InChI is InChI=1S/C53H37NS/c1-32-29-33(2)50(34(3)30-32)52-43-17-6-4-15-41(43)51(42-16-5-7-18-44(42)52)35-23-26-37(27-24-35)54-47-21-10-8-13-39(47)46-31-36(25-28-48(46)54)38-19-12-20-45-40-14-9-11-22-49(40)55-53(38)45/h4-31H,1-3H3. The Morgan fingerprint density at radius 2 is 0.927 bits per heavy atom. The maximum Gasteiger partial charge on any atom is 0.0541 e. The maximum atomic E-state index is 2.43. The number of nitrogens with zero attached hydrogens (tertiary/aromatic N) is 1. The van der Waals surface area contributed by atoms with Gasteiger partial charge in [0.1, 0.15) is 0 Å². The lowest BCUT2D eigenvalue weighted by Crippen LogP contribution is -1.96. The molecule has 0 N–H and O–H groups in total. The Labute approximate surface area is 324 Å². The second kappa shape index (κ2) is 12.3. The first kappa shape index (κ1) is 32.0. The molecular weight excluding hydrogens is 683 g/mol. The van der Waals surface area contributed by atoms with Crippen molar-refractivity contribution in [1.82, 2.24) is 4.57 Å². The molecule has 0 aliphatic rings. The quantitative estimate of drug-likeness (QED) is 0.160. The summed E-state index contributed by atoms with van der Waals surface area (Å²) in [5.41, 5.74) is 15.2. The van der Waals surface area contributed by atoms with Gasteiger partial charge in [0.2, 0.25) is 0 Å². The zero-order chi connectivity index (χ0) is 36.8. The Morgan fingerprint density at radius 1 is 0.382 bits per heavy atom. The Morgan fingerprint density at radius 3 is 1.62 bits per heavy atom. The van der Waals surface area contributed by atoms with Crippen LogP contribution in [0.3, 0.4) is 0 Å². The van der Waals surface area contributed by atoms with Crippen molar-refractivity contribution >= 4 is 74.9 Å². The highest BCUT2D eigenvalue weighted by molar-refractivity contribution is 7.26. The van der Waals surface area contributed by atoms with Gasteiger partial charge in [0, 0.05) is 36.6 Å². The molecule has 0 aliphatic carbocycles. The van der Waals surface area contributed by atoms with E-state index in [0.29, 0.717) is 0 Å². The van der Waals surface area contributed by atoms with Crippen LogP contribution in [0.25, 0.3) is 103 Å². The molecule has 0 saturated heterocycles. The summed E-state index contributed by atoms with van der Waals surface area (Å²) in [5, 5.41) is 10.3. The van der Waals surface area contributed by atoms with Gasteiger partial charge < -0.3 is 4.57 Å². The van der Waals surface area contributed by atoms with E-state index in [0.717, 1.165) is 5.69 Å². The molecule has 9 aromatic carbocycles. The normalized spacial score (nSPS) is 11.9. The minimum atomic E-state index is 1.16. The van der Waals surface area contributed by atoms with E-state index in [1.807, 2.05) is 11.3 Å². The van der Waals surface area contributed by atoms with E-state index in [1.54, 1.807) is 0 Å². The highest BCUT2D eigenvalue weighted by Crippen LogP contribution is 2.46. The van der Waals surface area contributed by atoms with E-state index in [2.05, 4.69) is 195 Å². The van der Waals surface area contributed by atoms with Crippen molar-refractivity contribution in [2.75, 3.05) is 0 Å². The predicted octanol–water partition coefficient (Wildman–Crippen LogP) is 15.4. The summed E-state index contributed by atoms with van der Waals surface area (Å²) >= 11 is 1.89. The molecule has 2 heterocycles. The number of thiophene rings is 1. The molecule has 11 rings (SSSR count). The van der Waals surface area contributed by atoms with Gasteiger partial charge in [0.25, 0.3) is 0 Å². The van der Waals surface area contributed by atoms with Gasteiger partial charge in [-0.05, 0) is 123 Å². The molecule has 0 saturated carbocycles. The molecule has 2 heteroatoms. The fourth-order valence-electron chi connectivity index (χ4n) is 9.45. The van der Waals surface area contributed by atoms with E-state index >= 15 is 0 Å². The van der Waals surface area contributed by atoms with Gasteiger partial charge in [0.15, 0.2) is 0 Å². The Balaban J connectivity index is 1.08. The number of benzene rings is 9. The summed E-state index contributed by atoms with van der Waals surface area (Å²) in [6.07, 6.45) is 0. The minimum Gasteiger partial charge on any atom is -0.309 e. The molecule has 2 aromatic heterocycles. The highest BCUT2D eigenvalue weighted by Gasteiger charge is 2.20. The fourth-order valence-corrected chi connectivity index (χ4v) is 10.7. The number of para-hydroxylation sites is 1. The smallest absolute Gasteiger partial charge is 0.0541 e. The van der Waals surface area contributed by atoms with Crippen molar-refractivity contribution in [3.63, 3.8) is 0 Å². The first-order valence-electron chi connectivity index (χ1n) is 19.1. The van der Waals surface area contributed by atoms with Crippen LogP contribution in [0, 0.1) is 20.8 Å². The molecule has 1 nitrogen and oxygen atoms in total. The van der Waals surface area contributed by atoms with Crippen molar-refractivity contribution in [1.29, 1.82) is 0 Å². The number of rotatable bonds is 4. The Hall–Kier alpha value is -6.48. The van der Waals surface area contributed by atoms with E-state index < -0.39 is 0 Å². The average Bonchev–Trinajstić information content (AvgIpc) is 3.76. The molecule has 0 spiro atoms. The molecule has 0 atom stereocenters. The summed E-state index contributed by atoms with van der Waals surface area (Å²) in [6.45, 7) is 6.71. The predicted molar refractivity (Wildman–Crippen MR) is 239 cm³/mol. The first-order valence-corrected chi connectivity index (χ1v) is 19.9. The van der Waals surface area contributed by atoms with E-state index in [-0.39, 0.29) is 0 Å². The van der Waals surface area contributed by atoms with Crippen LogP contribution in [0.2, 0.25) is 0 Å². The number of aromatic nitrogens is 1. The largest absolute Gasteiger partial charge is 0.309 e. The van der Waals surface area contributed by atoms with Crippen LogP contribution in [0.1, 0.15) is 16.7 Å². The van der Waals surface area contributed by atoms with Crippen LogP contribution in [0.5, 0.6) is 0 Å². The van der Waals surface area contributed by atoms with Crippen LogP contribution in [-0.2, 0) is 0 Å².